The van der Waals surface area contributed by atoms with Crippen molar-refractivity contribution in [1.29, 1.82) is 0 Å². The first-order valence-corrected chi connectivity index (χ1v) is 7.28. The number of carbonyl (C=O) groups is 2. The smallest absolute Gasteiger partial charge is 0.306 e. The van der Waals surface area contributed by atoms with E-state index in [-0.39, 0.29) is 11.9 Å². The van der Waals surface area contributed by atoms with Gasteiger partial charge in [-0.05, 0) is 31.4 Å². The summed E-state index contributed by atoms with van der Waals surface area (Å²) in [6.45, 7) is 1.17. The average molecular weight is 289 g/mol. The van der Waals surface area contributed by atoms with Gasteiger partial charge in [-0.15, -0.1) is 0 Å². The van der Waals surface area contributed by atoms with Gasteiger partial charge in [-0.2, -0.15) is 0 Å². The summed E-state index contributed by atoms with van der Waals surface area (Å²) in [4.78, 5) is 25.9. The molecule has 0 unspecified atom stereocenters. The summed E-state index contributed by atoms with van der Waals surface area (Å²) in [7, 11) is 1.56. The van der Waals surface area contributed by atoms with Gasteiger partial charge in [0.15, 0.2) is 0 Å². The van der Waals surface area contributed by atoms with Gasteiger partial charge in [-0.1, -0.05) is 12.1 Å². The van der Waals surface area contributed by atoms with Crippen LogP contribution in [0.15, 0.2) is 24.3 Å². The van der Waals surface area contributed by atoms with E-state index in [0.717, 1.165) is 12.8 Å². The maximum Gasteiger partial charge on any atom is 0.306 e. The minimum Gasteiger partial charge on any atom is -0.496 e. The largest absolute Gasteiger partial charge is 0.496 e. The molecule has 21 heavy (non-hydrogen) atoms. The molecule has 0 aromatic heterocycles. The first-order chi connectivity index (χ1) is 10.1. The molecule has 0 aliphatic carbocycles. The Bertz CT molecular complexity index is 571. The maximum absolute atomic E-state index is 12.7. The second-order valence-corrected chi connectivity index (χ2v) is 5.69. The number of methoxy groups -OCH3 is 1. The molecule has 2 saturated heterocycles. The summed E-state index contributed by atoms with van der Waals surface area (Å²) in [5.41, 5.74) is 0.0916. The summed E-state index contributed by atoms with van der Waals surface area (Å²) >= 11 is 0. The van der Waals surface area contributed by atoms with Crippen LogP contribution in [0.25, 0.3) is 0 Å². The first-order valence-electron chi connectivity index (χ1n) is 7.28. The molecule has 5 nitrogen and oxygen atoms in total. The highest BCUT2D eigenvalue weighted by atomic mass is 16.6. The van der Waals surface area contributed by atoms with Crippen molar-refractivity contribution in [3.8, 4) is 5.75 Å². The van der Waals surface area contributed by atoms with E-state index < -0.39 is 5.60 Å². The molecule has 1 atom stereocenters. The predicted octanol–water partition coefficient (Wildman–Crippen LogP) is 2.01. The number of amides is 1. The van der Waals surface area contributed by atoms with Crippen LogP contribution in [0, 0.1) is 0 Å². The van der Waals surface area contributed by atoms with Gasteiger partial charge < -0.3 is 14.4 Å². The molecule has 3 rings (SSSR count). The number of para-hydroxylation sites is 1. The molecule has 0 saturated carbocycles. The Morgan fingerprint density at radius 1 is 1.33 bits per heavy atom. The molecule has 0 N–H and O–H groups in total. The zero-order chi connectivity index (χ0) is 14.9. The van der Waals surface area contributed by atoms with Crippen LogP contribution in [-0.2, 0) is 9.53 Å². The van der Waals surface area contributed by atoms with E-state index in [4.69, 9.17) is 9.47 Å². The number of esters is 1. The van der Waals surface area contributed by atoms with Gasteiger partial charge >= 0.3 is 5.97 Å². The van der Waals surface area contributed by atoms with Crippen molar-refractivity contribution in [2.75, 3.05) is 20.2 Å². The van der Waals surface area contributed by atoms with Crippen LogP contribution in [0.2, 0.25) is 0 Å². The lowest BCUT2D eigenvalue weighted by Gasteiger charge is -2.39. The highest BCUT2D eigenvalue weighted by Crippen LogP contribution is 2.36. The fourth-order valence-corrected chi connectivity index (χ4v) is 3.22. The van der Waals surface area contributed by atoms with E-state index in [1.807, 2.05) is 12.1 Å². The minimum atomic E-state index is -0.465. The Labute approximate surface area is 123 Å². The van der Waals surface area contributed by atoms with Crippen molar-refractivity contribution in [2.45, 2.75) is 31.3 Å². The van der Waals surface area contributed by atoms with E-state index in [1.54, 1.807) is 24.1 Å². The number of piperidine rings is 1. The Morgan fingerprint density at radius 2 is 2.14 bits per heavy atom. The SMILES string of the molecule is COc1ccccc1C(=O)N1CCC[C@]2(CCC(=O)O2)C1. The van der Waals surface area contributed by atoms with Crippen LogP contribution in [0.1, 0.15) is 36.0 Å². The topological polar surface area (TPSA) is 55.8 Å². The van der Waals surface area contributed by atoms with Crippen LogP contribution in [0.5, 0.6) is 5.75 Å². The molecule has 1 aromatic carbocycles. The lowest BCUT2D eigenvalue weighted by Crippen LogP contribution is -2.50. The van der Waals surface area contributed by atoms with Gasteiger partial charge in [0.2, 0.25) is 0 Å². The van der Waals surface area contributed by atoms with Crippen LogP contribution in [0.4, 0.5) is 0 Å². The number of carbonyl (C=O) groups excluding carboxylic acids is 2. The van der Waals surface area contributed by atoms with Gasteiger partial charge in [0.05, 0.1) is 19.2 Å². The third-order valence-electron chi connectivity index (χ3n) is 4.28. The fourth-order valence-electron chi connectivity index (χ4n) is 3.22. The fraction of sp³-hybridized carbons (Fsp3) is 0.500. The van der Waals surface area contributed by atoms with Crippen molar-refractivity contribution in [3.63, 3.8) is 0 Å². The van der Waals surface area contributed by atoms with E-state index in [9.17, 15) is 9.59 Å². The Balaban J connectivity index is 1.80. The van der Waals surface area contributed by atoms with Crippen molar-refractivity contribution in [2.24, 2.45) is 0 Å². The summed E-state index contributed by atoms with van der Waals surface area (Å²) in [5.74, 6) is 0.363. The number of likely N-dealkylation sites (tertiary alicyclic amines) is 1. The highest BCUT2D eigenvalue weighted by Gasteiger charge is 2.44. The number of hydrogen-bond acceptors (Lipinski definition) is 4. The normalized spacial score (nSPS) is 25.0. The lowest BCUT2D eigenvalue weighted by molar-refractivity contribution is -0.151. The molecule has 2 heterocycles. The molecular weight excluding hydrogens is 270 g/mol. The summed E-state index contributed by atoms with van der Waals surface area (Å²) in [6.07, 6.45) is 2.86. The van der Waals surface area contributed by atoms with Gasteiger partial charge in [0, 0.05) is 13.0 Å². The number of benzene rings is 1. The van der Waals surface area contributed by atoms with Crippen LogP contribution < -0.4 is 4.74 Å². The molecule has 1 amide bonds. The number of nitrogens with zero attached hydrogens (tertiary/aromatic N) is 1. The van der Waals surface area contributed by atoms with Crippen LogP contribution in [-0.4, -0.2) is 42.6 Å². The number of rotatable bonds is 2. The molecule has 112 valence electrons. The minimum absolute atomic E-state index is 0.0607. The molecule has 0 bridgehead atoms. The van der Waals surface area contributed by atoms with Gasteiger partial charge in [0.1, 0.15) is 11.4 Å². The summed E-state index contributed by atoms with van der Waals surface area (Å²) < 4.78 is 10.8. The monoisotopic (exact) mass is 289 g/mol. The van der Waals surface area contributed by atoms with E-state index >= 15 is 0 Å². The quantitative estimate of drug-likeness (QED) is 0.781. The van der Waals surface area contributed by atoms with Crippen molar-refractivity contribution in [3.05, 3.63) is 29.8 Å². The third-order valence-corrected chi connectivity index (χ3v) is 4.28. The highest BCUT2D eigenvalue weighted by molar-refractivity contribution is 5.97. The molecule has 2 aliphatic heterocycles. The second kappa shape index (κ2) is 5.39. The summed E-state index contributed by atoms with van der Waals surface area (Å²) in [5, 5.41) is 0. The molecule has 2 fully saturated rings. The molecular formula is C16H19NO4. The van der Waals surface area contributed by atoms with Crippen LogP contribution >= 0.6 is 0 Å². The number of ether oxygens (including phenoxy) is 2. The molecule has 0 radical (unpaired) electrons. The van der Waals surface area contributed by atoms with Crippen LogP contribution in [0.3, 0.4) is 0 Å². The summed E-state index contributed by atoms with van der Waals surface area (Å²) in [6, 6.07) is 7.21. The van der Waals surface area contributed by atoms with Crippen molar-refractivity contribution < 1.29 is 19.1 Å². The first kappa shape index (κ1) is 13.9. The average Bonchev–Trinajstić information content (AvgIpc) is 2.86. The predicted molar refractivity (Wildman–Crippen MR) is 76.2 cm³/mol. The van der Waals surface area contributed by atoms with E-state index in [2.05, 4.69) is 0 Å². The van der Waals surface area contributed by atoms with E-state index in [0.29, 0.717) is 37.2 Å². The van der Waals surface area contributed by atoms with Crippen molar-refractivity contribution >= 4 is 11.9 Å². The zero-order valence-corrected chi connectivity index (χ0v) is 12.1. The molecule has 2 aliphatic rings. The standard InChI is InChI=1S/C16H19NO4/c1-20-13-6-3-2-5-12(13)15(19)17-10-4-8-16(11-17)9-7-14(18)21-16/h2-3,5-6H,4,7-11H2,1H3/t16-/m0/s1. The molecule has 5 heteroatoms. The second-order valence-electron chi connectivity index (χ2n) is 5.69. The maximum atomic E-state index is 12.7. The van der Waals surface area contributed by atoms with Gasteiger partial charge in [0.25, 0.3) is 5.91 Å². The Hall–Kier alpha value is -2.04. The molecule has 1 aromatic rings. The Kier molecular flexibility index (Phi) is 3.57. The molecule has 1 spiro atoms. The van der Waals surface area contributed by atoms with Gasteiger partial charge in [-0.3, -0.25) is 9.59 Å². The van der Waals surface area contributed by atoms with E-state index in [1.165, 1.54) is 0 Å². The van der Waals surface area contributed by atoms with Gasteiger partial charge in [-0.25, -0.2) is 0 Å². The Morgan fingerprint density at radius 3 is 2.86 bits per heavy atom. The van der Waals surface area contributed by atoms with Crippen molar-refractivity contribution in [1.82, 2.24) is 4.90 Å². The number of hydrogen-bond donors (Lipinski definition) is 0. The lowest BCUT2D eigenvalue weighted by atomic mass is 9.89. The zero-order valence-electron chi connectivity index (χ0n) is 12.1. The third kappa shape index (κ3) is 2.60.